The van der Waals surface area contributed by atoms with Crippen LogP contribution in [0.15, 0.2) is 9.59 Å². The standard InChI is InChI=1S/C19H33N5O5S/c1-4-7-10-24-17(20)16(18(26)21-19(24)27)22(6-3)12-15(25)23(9-5-2)14-8-11-30(28,29)13-14/h14H,4-13,20H2,1-3H3,(H,21,26,27). The molecule has 0 aromatic carbocycles. The molecule has 1 aliphatic heterocycles. The zero-order valence-corrected chi connectivity index (χ0v) is 18.8. The highest BCUT2D eigenvalue weighted by Gasteiger charge is 2.35. The quantitative estimate of drug-likeness (QED) is 0.525. The number of amides is 1. The van der Waals surface area contributed by atoms with E-state index in [-0.39, 0.29) is 41.5 Å². The predicted molar refractivity (Wildman–Crippen MR) is 118 cm³/mol. The number of unbranched alkanes of at least 4 members (excludes halogenated alkanes) is 1. The molecule has 1 amide bonds. The van der Waals surface area contributed by atoms with Gasteiger partial charge in [-0.1, -0.05) is 20.3 Å². The van der Waals surface area contributed by atoms with Crippen LogP contribution < -0.4 is 21.9 Å². The lowest BCUT2D eigenvalue weighted by molar-refractivity contribution is -0.131. The fourth-order valence-electron chi connectivity index (χ4n) is 3.80. The molecule has 30 heavy (non-hydrogen) atoms. The van der Waals surface area contributed by atoms with Crippen LogP contribution in [-0.2, 0) is 21.2 Å². The molecule has 1 aliphatic rings. The average molecular weight is 444 g/mol. The maximum Gasteiger partial charge on any atom is 0.330 e. The molecule has 0 aliphatic carbocycles. The van der Waals surface area contributed by atoms with Gasteiger partial charge in [0.15, 0.2) is 9.84 Å². The third-order valence-corrected chi connectivity index (χ3v) is 7.16. The number of nitrogens with one attached hydrogen (secondary N) is 1. The van der Waals surface area contributed by atoms with Crippen LogP contribution in [0.1, 0.15) is 46.5 Å². The van der Waals surface area contributed by atoms with Crippen molar-refractivity contribution < 1.29 is 13.2 Å². The molecule has 1 atom stereocenters. The maximum atomic E-state index is 13.1. The molecule has 10 nitrogen and oxygen atoms in total. The number of H-pyrrole nitrogens is 1. The van der Waals surface area contributed by atoms with Crippen molar-refractivity contribution in [3.8, 4) is 0 Å². The molecule has 0 spiro atoms. The average Bonchev–Trinajstić information content (AvgIpc) is 3.04. The lowest BCUT2D eigenvalue weighted by Gasteiger charge is -2.31. The minimum Gasteiger partial charge on any atom is -0.383 e. The summed E-state index contributed by atoms with van der Waals surface area (Å²) >= 11 is 0. The van der Waals surface area contributed by atoms with Crippen molar-refractivity contribution in [2.75, 3.05) is 41.8 Å². The zero-order chi connectivity index (χ0) is 22.5. The largest absolute Gasteiger partial charge is 0.383 e. The van der Waals surface area contributed by atoms with Gasteiger partial charge in [-0.3, -0.25) is 19.1 Å². The normalized spacial score (nSPS) is 17.8. The third-order valence-electron chi connectivity index (χ3n) is 5.41. The molecule has 2 heterocycles. The van der Waals surface area contributed by atoms with Gasteiger partial charge >= 0.3 is 5.69 Å². The number of nitrogen functional groups attached to an aromatic ring is 1. The number of carbonyl (C=O) groups excluding carboxylic acids is 1. The Hall–Kier alpha value is -2.30. The molecule has 3 N–H and O–H groups in total. The molecule has 1 aromatic rings. The van der Waals surface area contributed by atoms with Crippen molar-refractivity contribution in [1.82, 2.24) is 14.5 Å². The van der Waals surface area contributed by atoms with Gasteiger partial charge < -0.3 is 15.5 Å². The van der Waals surface area contributed by atoms with Crippen LogP contribution in [0.4, 0.5) is 11.5 Å². The fourth-order valence-corrected chi connectivity index (χ4v) is 5.53. The Kier molecular flexibility index (Phi) is 8.10. The van der Waals surface area contributed by atoms with E-state index in [1.807, 2.05) is 13.8 Å². The number of nitrogens with two attached hydrogens (primary N) is 1. The van der Waals surface area contributed by atoms with Gasteiger partial charge in [0, 0.05) is 25.7 Å². The lowest BCUT2D eigenvalue weighted by Crippen LogP contribution is -2.48. The van der Waals surface area contributed by atoms with Gasteiger partial charge in [0.05, 0.1) is 18.1 Å². The van der Waals surface area contributed by atoms with Crippen molar-refractivity contribution >= 4 is 27.2 Å². The molecule has 0 bridgehead atoms. The highest BCUT2D eigenvalue weighted by atomic mass is 32.2. The third kappa shape index (κ3) is 5.44. The van der Waals surface area contributed by atoms with Crippen LogP contribution in [0.2, 0.25) is 0 Å². The Labute approximate surface area is 177 Å². The lowest BCUT2D eigenvalue weighted by atomic mass is 10.2. The summed E-state index contributed by atoms with van der Waals surface area (Å²) in [6.07, 6.45) is 2.69. The predicted octanol–water partition coefficient (Wildman–Crippen LogP) is 0.171. The SMILES string of the molecule is CCCCn1c(N)c(N(CC)CC(=O)N(CCC)C2CCS(=O)(=O)C2)c(=O)[nH]c1=O. The highest BCUT2D eigenvalue weighted by Crippen LogP contribution is 2.21. The Balaban J connectivity index is 2.32. The molecule has 1 aromatic heterocycles. The topological polar surface area (TPSA) is 139 Å². The van der Waals surface area contributed by atoms with Crippen molar-refractivity contribution in [1.29, 1.82) is 0 Å². The number of sulfone groups is 1. The summed E-state index contributed by atoms with van der Waals surface area (Å²) in [7, 11) is -3.13. The maximum absolute atomic E-state index is 13.1. The molecule has 11 heteroatoms. The summed E-state index contributed by atoms with van der Waals surface area (Å²) in [5.74, 6) is -0.170. The molecule has 1 saturated heterocycles. The molecule has 2 rings (SSSR count). The molecule has 0 radical (unpaired) electrons. The summed E-state index contributed by atoms with van der Waals surface area (Å²) < 4.78 is 25.1. The Morgan fingerprint density at radius 1 is 1.23 bits per heavy atom. The fraction of sp³-hybridized carbons (Fsp3) is 0.737. The van der Waals surface area contributed by atoms with Gasteiger partial charge in [-0.25, -0.2) is 13.2 Å². The van der Waals surface area contributed by atoms with Gasteiger partial charge in [0.2, 0.25) is 5.91 Å². The minimum absolute atomic E-state index is 0.0323. The van der Waals surface area contributed by atoms with E-state index >= 15 is 0 Å². The molecule has 170 valence electrons. The van der Waals surface area contributed by atoms with Crippen LogP contribution in [0, 0.1) is 0 Å². The monoisotopic (exact) mass is 443 g/mol. The Bertz CT molecular complexity index is 969. The van der Waals surface area contributed by atoms with Crippen molar-refractivity contribution in [2.24, 2.45) is 0 Å². The first kappa shape index (κ1) is 24.0. The molecular formula is C19H33N5O5S. The van der Waals surface area contributed by atoms with Crippen LogP contribution >= 0.6 is 0 Å². The number of anilines is 2. The number of aromatic nitrogens is 2. The summed E-state index contributed by atoms with van der Waals surface area (Å²) in [5.41, 5.74) is 5.06. The molecule has 1 fully saturated rings. The van der Waals surface area contributed by atoms with Crippen molar-refractivity contribution in [2.45, 2.75) is 59.0 Å². The van der Waals surface area contributed by atoms with Gasteiger partial charge in [-0.05, 0) is 26.2 Å². The van der Waals surface area contributed by atoms with Gasteiger partial charge in [0.1, 0.15) is 11.5 Å². The van der Waals surface area contributed by atoms with Crippen molar-refractivity contribution in [3.05, 3.63) is 20.8 Å². The van der Waals surface area contributed by atoms with E-state index in [0.717, 1.165) is 12.8 Å². The van der Waals surface area contributed by atoms with Crippen molar-refractivity contribution in [3.63, 3.8) is 0 Å². The molecule has 1 unspecified atom stereocenters. The van der Waals surface area contributed by atoms with Crippen LogP contribution in [0.25, 0.3) is 0 Å². The number of likely N-dealkylation sites (N-methyl/N-ethyl adjacent to an activating group) is 1. The molecular weight excluding hydrogens is 410 g/mol. The van der Waals surface area contributed by atoms with Crippen LogP contribution in [0.3, 0.4) is 0 Å². The number of hydrogen-bond donors (Lipinski definition) is 2. The first-order valence-corrected chi connectivity index (χ1v) is 12.3. The van der Waals surface area contributed by atoms with Gasteiger partial charge in [0.25, 0.3) is 5.56 Å². The Morgan fingerprint density at radius 3 is 2.47 bits per heavy atom. The summed E-state index contributed by atoms with van der Waals surface area (Å²) in [5, 5.41) is 0. The highest BCUT2D eigenvalue weighted by molar-refractivity contribution is 7.91. The Morgan fingerprint density at radius 2 is 1.93 bits per heavy atom. The van der Waals surface area contributed by atoms with Gasteiger partial charge in [-0.15, -0.1) is 0 Å². The summed E-state index contributed by atoms with van der Waals surface area (Å²) in [4.78, 5) is 43.2. The first-order chi connectivity index (χ1) is 14.1. The number of rotatable bonds is 10. The number of nitrogens with zero attached hydrogens (tertiary/aromatic N) is 3. The van der Waals surface area contributed by atoms with E-state index in [1.165, 1.54) is 4.57 Å². The first-order valence-electron chi connectivity index (χ1n) is 10.5. The van der Waals surface area contributed by atoms with E-state index in [4.69, 9.17) is 5.73 Å². The smallest absolute Gasteiger partial charge is 0.330 e. The number of hydrogen-bond acceptors (Lipinski definition) is 7. The van der Waals surface area contributed by atoms with Gasteiger partial charge in [-0.2, -0.15) is 0 Å². The second-order valence-corrected chi connectivity index (χ2v) is 9.89. The zero-order valence-electron chi connectivity index (χ0n) is 18.0. The van der Waals surface area contributed by atoms with Crippen LogP contribution in [0.5, 0.6) is 0 Å². The van der Waals surface area contributed by atoms with E-state index in [9.17, 15) is 22.8 Å². The second-order valence-electron chi connectivity index (χ2n) is 7.66. The summed E-state index contributed by atoms with van der Waals surface area (Å²) in [6, 6.07) is -0.352. The van der Waals surface area contributed by atoms with E-state index in [2.05, 4.69) is 4.98 Å². The number of aromatic amines is 1. The second kappa shape index (κ2) is 10.1. The minimum atomic E-state index is -3.13. The molecule has 0 saturated carbocycles. The number of carbonyl (C=O) groups is 1. The van der Waals surface area contributed by atoms with Crippen LogP contribution in [-0.4, -0.2) is 66.0 Å². The van der Waals surface area contributed by atoms with E-state index < -0.39 is 21.1 Å². The van der Waals surface area contributed by atoms with E-state index in [1.54, 1.807) is 16.7 Å². The van der Waals surface area contributed by atoms with E-state index in [0.29, 0.717) is 32.5 Å². The summed E-state index contributed by atoms with van der Waals surface area (Å²) in [6.45, 7) is 6.72.